The Labute approximate surface area is 115 Å². The van der Waals surface area contributed by atoms with E-state index in [4.69, 9.17) is 0 Å². The Morgan fingerprint density at radius 3 is 3.05 bits per heavy atom. The van der Waals surface area contributed by atoms with Gasteiger partial charge in [-0.2, -0.15) is 0 Å². The van der Waals surface area contributed by atoms with Crippen molar-refractivity contribution in [2.24, 2.45) is 0 Å². The van der Waals surface area contributed by atoms with Gasteiger partial charge in [0.2, 0.25) is 0 Å². The van der Waals surface area contributed by atoms with E-state index in [2.05, 4.69) is 24.8 Å². The zero-order valence-corrected chi connectivity index (χ0v) is 11.0. The lowest BCUT2D eigenvalue weighted by Gasteiger charge is -2.28. The molecule has 2 aromatic heterocycles. The summed E-state index contributed by atoms with van der Waals surface area (Å²) >= 11 is 0. The fourth-order valence-corrected chi connectivity index (χ4v) is 2.63. The van der Waals surface area contributed by atoms with Crippen LogP contribution in [0.4, 0.5) is 5.82 Å². The first-order valence-electron chi connectivity index (χ1n) is 6.94. The third-order valence-corrected chi connectivity index (χ3v) is 3.93. The predicted molar refractivity (Wildman–Crippen MR) is 73.6 cm³/mol. The van der Waals surface area contributed by atoms with E-state index in [9.17, 15) is 4.79 Å². The minimum absolute atomic E-state index is 0.0452. The number of nitrogens with one attached hydrogen (secondary N) is 1. The third kappa shape index (κ3) is 1.97. The number of hydrogen-bond acceptors (Lipinski definition) is 5. The topological polar surface area (TPSA) is 74.8 Å². The summed E-state index contributed by atoms with van der Waals surface area (Å²) in [4.78, 5) is 29.9. The molecule has 6 heteroatoms. The Hall–Kier alpha value is -2.24. The van der Waals surface area contributed by atoms with E-state index in [-0.39, 0.29) is 5.56 Å². The van der Waals surface area contributed by atoms with Crippen molar-refractivity contribution in [1.82, 2.24) is 19.9 Å². The van der Waals surface area contributed by atoms with Crippen molar-refractivity contribution < 1.29 is 0 Å². The second-order valence-electron chi connectivity index (χ2n) is 5.38. The highest BCUT2D eigenvalue weighted by atomic mass is 16.1. The molecule has 0 bridgehead atoms. The van der Waals surface area contributed by atoms with Gasteiger partial charge in [0.1, 0.15) is 11.6 Å². The van der Waals surface area contributed by atoms with Crippen LogP contribution in [0.15, 0.2) is 23.4 Å². The van der Waals surface area contributed by atoms with Crippen molar-refractivity contribution in [1.29, 1.82) is 0 Å². The number of rotatable bonds is 2. The molecular weight excluding hydrogens is 254 g/mol. The van der Waals surface area contributed by atoms with Crippen LogP contribution in [0.2, 0.25) is 0 Å². The molecular formula is C14H15N5O. The van der Waals surface area contributed by atoms with Crippen molar-refractivity contribution in [2.75, 3.05) is 11.4 Å². The van der Waals surface area contributed by atoms with E-state index < -0.39 is 0 Å². The smallest absolute Gasteiger partial charge is 0.255 e. The predicted octanol–water partition coefficient (Wildman–Crippen LogP) is 1.00. The lowest BCUT2D eigenvalue weighted by atomic mass is 10.1. The van der Waals surface area contributed by atoms with Gasteiger partial charge in [0.15, 0.2) is 0 Å². The molecule has 1 aliphatic heterocycles. The summed E-state index contributed by atoms with van der Waals surface area (Å²) in [5.41, 5.74) is 1.61. The lowest BCUT2D eigenvalue weighted by molar-refractivity contribution is 0.684. The average Bonchev–Trinajstić information content (AvgIpc) is 3.32. The quantitative estimate of drug-likeness (QED) is 0.880. The Morgan fingerprint density at radius 2 is 2.20 bits per heavy atom. The largest absolute Gasteiger partial charge is 0.352 e. The Kier molecular flexibility index (Phi) is 2.55. The lowest BCUT2D eigenvalue weighted by Crippen LogP contribution is -2.36. The first kappa shape index (κ1) is 11.6. The number of anilines is 1. The van der Waals surface area contributed by atoms with Crippen LogP contribution in [0.3, 0.4) is 0 Å². The number of hydrogen-bond donors (Lipinski definition) is 1. The van der Waals surface area contributed by atoms with Crippen LogP contribution in [0.5, 0.6) is 0 Å². The van der Waals surface area contributed by atoms with Gasteiger partial charge in [-0.05, 0) is 18.9 Å². The summed E-state index contributed by atoms with van der Waals surface area (Å²) in [5, 5.41) is 0. The van der Waals surface area contributed by atoms with Crippen molar-refractivity contribution in [3.63, 3.8) is 0 Å². The fourth-order valence-electron chi connectivity index (χ4n) is 2.63. The monoisotopic (exact) mass is 269 g/mol. The number of aromatic nitrogens is 4. The van der Waals surface area contributed by atoms with Gasteiger partial charge < -0.3 is 9.88 Å². The summed E-state index contributed by atoms with van der Waals surface area (Å²) in [6.07, 6.45) is 6.46. The standard InChI is InChI=1S/C14H15N5O/c20-14-10-7-19(6-4-11(10)16-8-17-14)12-3-5-15-13(18-12)9-1-2-9/h3,5,8-9H,1-2,4,6-7H2,(H,16,17,20). The number of nitrogens with zero attached hydrogens (tertiary/aromatic N) is 4. The van der Waals surface area contributed by atoms with Gasteiger partial charge in [-0.15, -0.1) is 0 Å². The Bertz CT molecular complexity index is 707. The molecule has 6 nitrogen and oxygen atoms in total. The van der Waals surface area contributed by atoms with Gasteiger partial charge in [0.25, 0.3) is 5.56 Å². The second kappa shape index (κ2) is 4.40. The molecule has 2 aromatic rings. The molecule has 0 atom stereocenters. The van der Waals surface area contributed by atoms with E-state index in [0.29, 0.717) is 12.5 Å². The van der Waals surface area contributed by atoms with Gasteiger partial charge in [-0.25, -0.2) is 15.0 Å². The van der Waals surface area contributed by atoms with Crippen molar-refractivity contribution in [2.45, 2.75) is 31.7 Å². The van der Waals surface area contributed by atoms with Gasteiger partial charge in [0, 0.05) is 25.1 Å². The fraction of sp³-hybridized carbons (Fsp3) is 0.429. The van der Waals surface area contributed by atoms with Crippen LogP contribution in [0.1, 0.15) is 35.8 Å². The van der Waals surface area contributed by atoms with Gasteiger partial charge in [-0.1, -0.05) is 0 Å². The van der Waals surface area contributed by atoms with Gasteiger partial charge in [-0.3, -0.25) is 4.79 Å². The molecule has 3 heterocycles. The molecule has 102 valence electrons. The maximum atomic E-state index is 11.9. The van der Waals surface area contributed by atoms with Crippen LogP contribution in [0.25, 0.3) is 0 Å². The van der Waals surface area contributed by atoms with E-state index in [1.54, 1.807) is 0 Å². The van der Waals surface area contributed by atoms with Crippen molar-refractivity contribution >= 4 is 5.82 Å². The van der Waals surface area contributed by atoms with Crippen LogP contribution in [0, 0.1) is 0 Å². The van der Waals surface area contributed by atoms with E-state index >= 15 is 0 Å². The molecule has 1 aliphatic carbocycles. The number of aromatic amines is 1. The molecule has 0 unspecified atom stereocenters. The first-order valence-corrected chi connectivity index (χ1v) is 6.94. The van der Waals surface area contributed by atoms with Gasteiger partial charge in [0.05, 0.1) is 24.1 Å². The SMILES string of the molecule is O=c1[nH]cnc2c1CN(c1ccnc(C3CC3)n1)CC2. The van der Waals surface area contributed by atoms with Crippen LogP contribution in [-0.4, -0.2) is 26.5 Å². The summed E-state index contributed by atoms with van der Waals surface area (Å²) in [5.74, 6) is 2.39. The van der Waals surface area contributed by atoms with E-state index in [1.165, 1.54) is 19.2 Å². The molecule has 20 heavy (non-hydrogen) atoms. The highest BCUT2D eigenvalue weighted by molar-refractivity contribution is 5.42. The zero-order chi connectivity index (χ0) is 13.5. The molecule has 0 amide bonds. The summed E-state index contributed by atoms with van der Waals surface area (Å²) in [6, 6.07) is 1.92. The van der Waals surface area contributed by atoms with Crippen LogP contribution >= 0.6 is 0 Å². The Morgan fingerprint density at radius 1 is 1.30 bits per heavy atom. The highest BCUT2D eigenvalue weighted by Gasteiger charge is 2.28. The molecule has 0 spiro atoms. The third-order valence-electron chi connectivity index (χ3n) is 3.93. The van der Waals surface area contributed by atoms with Crippen molar-refractivity contribution in [3.05, 3.63) is 46.0 Å². The zero-order valence-electron chi connectivity index (χ0n) is 11.0. The minimum atomic E-state index is -0.0452. The highest BCUT2D eigenvalue weighted by Crippen LogP contribution is 2.38. The molecule has 1 fully saturated rings. The maximum Gasteiger partial charge on any atom is 0.255 e. The number of H-pyrrole nitrogens is 1. The molecule has 0 saturated heterocycles. The molecule has 1 saturated carbocycles. The second-order valence-corrected chi connectivity index (χ2v) is 5.38. The van der Waals surface area contributed by atoms with E-state index in [1.807, 2.05) is 12.3 Å². The summed E-state index contributed by atoms with van der Waals surface area (Å²) < 4.78 is 0. The van der Waals surface area contributed by atoms with Crippen LogP contribution < -0.4 is 10.5 Å². The summed E-state index contributed by atoms with van der Waals surface area (Å²) in [7, 11) is 0. The number of fused-ring (bicyclic) bond motifs is 1. The minimum Gasteiger partial charge on any atom is -0.352 e. The van der Waals surface area contributed by atoms with Crippen molar-refractivity contribution in [3.8, 4) is 0 Å². The molecule has 2 aliphatic rings. The van der Waals surface area contributed by atoms with E-state index in [0.717, 1.165) is 35.9 Å². The Balaban J connectivity index is 1.66. The van der Waals surface area contributed by atoms with Gasteiger partial charge >= 0.3 is 0 Å². The summed E-state index contributed by atoms with van der Waals surface area (Å²) in [6.45, 7) is 1.41. The molecule has 0 radical (unpaired) electrons. The molecule has 4 rings (SSSR count). The maximum absolute atomic E-state index is 11.9. The molecule has 1 N–H and O–H groups in total. The average molecular weight is 269 g/mol. The normalized spacial score (nSPS) is 17.9. The van der Waals surface area contributed by atoms with Crippen LogP contribution in [-0.2, 0) is 13.0 Å². The first-order chi connectivity index (χ1) is 9.81. The molecule has 0 aromatic carbocycles.